The molecule has 3 aromatic rings. The van der Waals surface area contributed by atoms with E-state index in [1.165, 1.54) is 18.3 Å². The normalized spacial score (nSPS) is 13.1. The average molecular weight is 434 g/mol. The zero-order chi connectivity index (χ0) is 22.1. The van der Waals surface area contributed by atoms with Crippen molar-refractivity contribution in [2.75, 3.05) is 13.6 Å². The maximum Gasteiger partial charge on any atom is 0.335 e. The van der Waals surface area contributed by atoms with Crippen molar-refractivity contribution >= 4 is 11.9 Å². The van der Waals surface area contributed by atoms with Crippen molar-refractivity contribution in [3.8, 4) is 23.0 Å². The number of hydrogen-bond acceptors (Lipinski definition) is 7. The molecule has 9 heteroatoms. The van der Waals surface area contributed by atoms with Crippen LogP contribution in [0.5, 0.6) is 23.0 Å². The van der Waals surface area contributed by atoms with Gasteiger partial charge < -0.3 is 29.0 Å². The van der Waals surface area contributed by atoms with Crippen molar-refractivity contribution in [3.63, 3.8) is 0 Å². The lowest BCUT2D eigenvalue weighted by Gasteiger charge is -2.23. The minimum atomic E-state index is -1.13. The van der Waals surface area contributed by atoms with E-state index >= 15 is 0 Å². The van der Waals surface area contributed by atoms with Gasteiger partial charge in [0, 0.05) is 19.3 Å². The second-order valence-electron chi connectivity index (χ2n) is 7.27. The van der Waals surface area contributed by atoms with E-state index in [2.05, 4.69) is 4.98 Å². The zero-order valence-corrected chi connectivity index (χ0v) is 16.8. The van der Waals surface area contributed by atoms with Gasteiger partial charge in [0.25, 0.3) is 5.91 Å². The first kappa shape index (κ1) is 19.7. The number of benzene rings is 2. The van der Waals surface area contributed by atoms with Crippen LogP contribution in [0.4, 0.5) is 0 Å². The molecule has 0 radical (unpaired) electrons. The first-order chi connectivity index (χ1) is 15.6. The highest BCUT2D eigenvalue weighted by Crippen LogP contribution is 2.34. The molecule has 2 aromatic carbocycles. The Bertz CT molecular complexity index is 1150. The number of amides is 1. The van der Waals surface area contributed by atoms with E-state index in [0.717, 1.165) is 11.1 Å². The molecule has 0 aliphatic carbocycles. The Morgan fingerprint density at radius 2 is 1.38 bits per heavy atom. The molecule has 1 N–H and O–H groups in total. The molecule has 2 aliphatic rings. The van der Waals surface area contributed by atoms with Gasteiger partial charge in [0.2, 0.25) is 13.6 Å². The Balaban J connectivity index is 1.45. The third-order valence-electron chi connectivity index (χ3n) is 5.13. The van der Waals surface area contributed by atoms with Crippen molar-refractivity contribution in [3.05, 3.63) is 77.1 Å². The SMILES string of the molecule is O=C(O)c1ccnc(C(=O)N(Cc2ccc3c(c2)OCO3)Cc2ccc3c(c2)OCO3)c1. The van der Waals surface area contributed by atoms with Crippen LogP contribution in [0.1, 0.15) is 32.0 Å². The standard InChI is InChI=1S/C23H18N2O7/c26-22(17-9-16(23(27)28)5-6-24-17)25(10-14-1-3-18-20(7-14)31-12-29-18)11-15-2-4-19-21(8-15)32-13-30-19/h1-9H,10-13H2,(H,27,28). The van der Waals surface area contributed by atoms with Crippen molar-refractivity contribution < 1.29 is 33.6 Å². The molecule has 3 heterocycles. The molecule has 0 fully saturated rings. The number of hydrogen-bond donors (Lipinski definition) is 1. The van der Waals surface area contributed by atoms with Crippen LogP contribution in [-0.4, -0.2) is 40.5 Å². The van der Waals surface area contributed by atoms with Crippen LogP contribution in [-0.2, 0) is 13.1 Å². The maximum absolute atomic E-state index is 13.4. The van der Waals surface area contributed by atoms with Gasteiger partial charge in [-0.05, 0) is 47.5 Å². The average Bonchev–Trinajstić information content (AvgIpc) is 3.46. The zero-order valence-electron chi connectivity index (χ0n) is 16.8. The topological polar surface area (TPSA) is 107 Å². The van der Waals surface area contributed by atoms with Crippen molar-refractivity contribution in [1.82, 2.24) is 9.88 Å². The Kier molecular flexibility index (Phi) is 4.98. The largest absolute Gasteiger partial charge is 0.478 e. The van der Waals surface area contributed by atoms with Crippen LogP contribution in [0.2, 0.25) is 0 Å². The van der Waals surface area contributed by atoms with Crippen LogP contribution in [0, 0.1) is 0 Å². The summed E-state index contributed by atoms with van der Waals surface area (Å²) in [6.07, 6.45) is 1.32. The third kappa shape index (κ3) is 3.87. The van der Waals surface area contributed by atoms with Gasteiger partial charge in [-0.2, -0.15) is 0 Å². The summed E-state index contributed by atoms with van der Waals surface area (Å²) in [6.45, 7) is 0.820. The van der Waals surface area contributed by atoms with Gasteiger partial charge in [-0.25, -0.2) is 4.79 Å². The van der Waals surface area contributed by atoms with Gasteiger partial charge in [-0.3, -0.25) is 9.78 Å². The van der Waals surface area contributed by atoms with Crippen LogP contribution >= 0.6 is 0 Å². The Hall–Kier alpha value is -4.27. The molecule has 0 saturated heterocycles. The third-order valence-corrected chi connectivity index (χ3v) is 5.13. The number of aromatic carboxylic acids is 1. The molecule has 1 aromatic heterocycles. The number of fused-ring (bicyclic) bond motifs is 2. The maximum atomic E-state index is 13.4. The molecule has 9 nitrogen and oxygen atoms in total. The molecule has 5 rings (SSSR count). The van der Waals surface area contributed by atoms with Crippen LogP contribution in [0.15, 0.2) is 54.7 Å². The summed E-state index contributed by atoms with van der Waals surface area (Å²) in [5.74, 6) is 1.01. The fourth-order valence-electron chi connectivity index (χ4n) is 3.56. The van der Waals surface area contributed by atoms with E-state index in [0.29, 0.717) is 23.0 Å². The smallest absolute Gasteiger partial charge is 0.335 e. The Morgan fingerprint density at radius 1 is 0.812 bits per heavy atom. The summed E-state index contributed by atoms with van der Waals surface area (Å²) < 4.78 is 21.6. The number of carbonyl (C=O) groups excluding carboxylic acids is 1. The van der Waals surface area contributed by atoms with Crippen molar-refractivity contribution in [1.29, 1.82) is 0 Å². The van der Waals surface area contributed by atoms with Gasteiger partial charge in [-0.1, -0.05) is 12.1 Å². The molecule has 0 unspecified atom stereocenters. The van der Waals surface area contributed by atoms with E-state index in [1.54, 1.807) is 17.0 Å². The van der Waals surface area contributed by atoms with Crippen LogP contribution < -0.4 is 18.9 Å². The van der Waals surface area contributed by atoms with Crippen LogP contribution in [0.3, 0.4) is 0 Å². The molecule has 2 aliphatic heterocycles. The monoisotopic (exact) mass is 434 g/mol. The number of pyridine rings is 1. The van der Waals surface area contributed by atoms with Gasteiger partial charge in [0.05, 0.1) is 5.56 Å². The fraction of sp³-hybridized carbons (Fsp3) is 0.174. The van der Waals surface area contributed by atoms with Crippen molar-refractivity contribution in [2.24, 2.45) is 0 Å². The highest BCUT2D eigenvalue weighted by molar-refractivity contribution is 5.95. The first-order valence-electron chi connectivity index (χ1n) is 9.82. The first-order valence-corrected chi connectivity index (χ1v) is 9.82. The lowest BCUT2D eigenvalue weighted by Crippen LogP contribution is -2.31. The fourth-order valence-corrected chi connectivity index (χ4v) is 3.56. The minimum absolute atomic E-state index is 0.00513. The number of nitrogens with zero attached hydrogens (tertiary/aromatic N) is 2. The molecule has 1 amide bonds. The lowest BCUT2D eigenvalue weighted by molar-refractivity contribution is 0.0696. The molecule has 0 atom stereocenters. The quantitative estimate of drug-likeness (QED) is 0.631. The Labute approximate surface area is 182 Å². The Morgan fingerprint density at radius 3 is 1.94 bits per heavy atom. The highest BCUT2D eigenvalue weighted by atomic mass is 16.7. The summed E-state index contributed by atoms with van der Waals surface area (Å²) in [7, 11) is 0. The predicted octanol–water partition coefficient (Wildman–Crippen LogP) is 3.08. The van der Waals surface area contributed by atoms with Gasteiger partial charge >= 0.3 is 5.97 Å². The highest BCUT2D eigenvalue weighted by Gasteiger charge is 2.22. The molecular formula is C23H18N2O7. The van der Waals surface area contributed by atoms with Crippen LogP contribution in [0.25, 0.3) is 0 Å². The number of ether oxygens (including phenoxy) is 4. The van der Waals surface area contributed by atoms with Gasteiger partial charge in [0.1, 0.15) is 5.69 Å². The number of carbonyl (C=O) groups is 2. The number of carboxylic acids is 1. The summed E-state index contributed by atoms with van der Waals surface area (Å²) in [6, 6.07) is 13.6. The second kappa shape index (κ2) is 8.10. The lowest BCUT2D eigenvalue weighted by atomic mass is 10.1. The van der Waals surface area contributed by atoms with Gasteiger partial charge in [-0.15, -0.1) is 0 Å². The van der Waals surface area contributed by atoms with E-state index in [-0.39, 0.29) is 37.9 Å². The number of carboxylic acid groups (broad SMARTS) is 1. The molecule has 0 saturated carbocycles. The van der Waals surface area contributed by atoms with Crippen molar-refractivity contribution in [2.45, 2.75) is 13.1 Å². The van der Waals surface area contributed by atoms with E-state index in [4.69, 9.17) is 18.9 Å². The second-order valence-corrected chi connectivity index (χ2v) is 7.27. The molecule has 0 spiro atoms. The van der Waals surface area contributed by atoms with Gasteiger partial charge in [0.15, 0.2) is 23.0 Å². The predicted molar refractivity (Wildman–Crippen MR) is 110 cm³/mol. The summed E-state index contributed by atoms with van der Waals surface area (Å²) in [5.41, 5.74) is 1.70. The summed E-state index contributed by atoms with van der Waals surface area (Å²) in [4.78, 5) is 30.4. The molecule has 32 heavy (non-hydrogen) atoms. The summed E-state index contributed by atoms with van der Waals surface area (Å²) >= 11 is 0. The van der Waals surface area contributed by atoms with E-state index in [1.807, 2.05) is 24.3 Å². The summed E-state index contributed by atoms with van der Waals surface area (Å²) in [5, 5.41) is 9.28. The minimum Gasteiger partial charge on any atom is -0.478 e. The molecule has 162 valence electrons. The molecular weight excluding hydrogens is 416 g/mol. The number of aromatic nitrogens is 1. The van der Waals surface area contributed by atoms with E-state index < -0.39 is 11.9 Å². The molecule has 0 bridgehead atoms. The van der Waals surface area contributed by atoms with E-state index in [9.17, 15) is 14.7 Å². The number of rotatable bonds is 6.